The molecule has 2 N–H and O–H groups in total. The van der Waals surface area contributed by atoms with Gasteiger partial charge in [0, 0.05) is 19.7 Å². The second-order valence-corrected chi connectivity index (χ2v) is 5.51. The van der Waals surface area contributed by atoms with Gasteiger partial charge in [0.2, 0.25) is 10.0 Å². The molecule has 0 heterocycles. The Kier molecular flexibility index (Phi) is 4.92. The van der Waals surface area contributed by atoms with Crippen LogP contribution in [0.25, 0.3) is 0 Å². The Morgan fingerprint density at radius 1 is 1.24 bits per heavy atom. The van der Waals surface area contributed by atoms with E-state index in [0.29, 0.717) is 13.0 Å². The Balaban J connectivity index is 2.95. The summed E-state index contributed by atoms with van der Waals surface area (Å²) >= 11 is 0. The maximum Gasteiger partial charge on any atom is 0.243 e. The van der Waals surface area contributed by atoms with Gasteiger partial charge in [0.05, 0.1) is 4.90 Å². The van der Waals surface area contributed by atoms with Gasteiger partial charge < -0.3 is 10.2 Å². The number of benzene rings is 1. The first-order chi connectivity index (χ1) is 8.02. The Bertz CT molecular complexity index is 441. The van der Waals surface area contributed by atoms with Crippen LogP contribution in [0.1, 0.15) is 13.3 Å². The molecule has 5 nitrogen and oxygen atoms in total. The van der Waals surface area contributed by atoms with Crippen molar-refractivity contribution >= 4 is 10.0 Å². The minimum atomic E-state index is -3.53. The van der Waals surface area contributed by atoms with Crippen molar-refractivity contribution in [2.75, 3.05) is 19.7 Å². The maximum atomic E-state index is 12.1. The first-order valence-electron chi connectivity index (χ1n) is 5.42. The van der Waals surface area contributed by atoms with Crippen molar-refractivity contribution < 1.29 is 18.6 Å². The number of hydrogen-bond acceptors (Lipinski definition) is 4. The van der Waals surface area contributed by atoms with Crippen LogP contribution in [-0.2, 0) is 10.0 Å². The van der Waals surface area contributed by atoms with E-state index < -0.39 is 10.0 Å². The smallest absolute Gasteiger partial charge is 0.243 e. The van der Waals surface area contributed by atoms with Crippen LogP contribution in [0, 0.1) is 0 Å². The van der Waals surface area contributed by atoms with Crippen LogP contribution in [0.5, 0.6) is 5.75 Å². The molecule has 0 unspecified atom stereocenters. The number of phenols is 1. The number of nitrogens with zero attached hydrogens (tertiary/aromatic N) is 1. The van der Waals surface area contributed by atoms with Gasteiger partial charge in [0.15, 0.2) is 0 Å². The summed E-state index contributed by atoms with van der Waals surface area (Å²) in [4.78, 5) is 0.148. The lowest BCUT2D eigenvalue weighted by Gasteiger charge is -2.19. The lowest BCUT2D eigenvalue weighted by molar-refractivity contribution is 0.271. The van der Waals surface area contributed by atoms with Gasteiger partial charge in [-0.05, 0) is 30.7 Å². The fourth-order valence-electron chi connectivity index (χ4n) is 1.46. The van der Waals surface area contributed by atoms with E-state index in [2.05, 4.69) is 0 Å². The van der Waals surface area contributed by atoms with Crippen molar-refractivity contribution in [2.45, 2.75) is 18.2 Å². The molecule has 0 saturated heterocycles. The summed E-state index contributed by atoms with van der Waals surface area (Å²) in [5.74, 6) is 0.0300. The summed E-state index contributed by atoms with van der Waals surface area (Å²) in [6, 6.07) is 5.41. The fraction of sp³-hybridized carbons (Fsp3) is 0.455. The standard InChI is InChI=1S/C11H17NO4S/c1-2-12(8-3-9-13)17(15,16)11-6-4-10(14)5-7-11/h4-7,13-14H,2-3,8-9H2,1H3. The van der Waals surface area contributed by atoms with E-state index in [0.717, 1.165) is 0 Å². The predicted molar refractivity (Wildman–Crippen MR) is 64.2 cm³/mol. The summed E-state index contributed by atoms with van der Waals surface area (Å²) in [7, 11) is -3.53. The number of aromatic hydroxyl groups is 1. The highest BCUT2D eigenvalue weighted by Crippen LogP contribution is 2.18. The molecule has 0 amide bonds. The van der Waals surface area contributed by atoms with Gasteiger partial charge in [-0.2, -0.15) is 4.31 Å². The zero-order valence-electron chi connectivity index (χ0n) is 9.70. The maximum absolute atomic E-state index is 12.1. The van der Waals surface area contributed by atoms with E-state index >= 15 is 0 Å². The summed E-state index contributed by atoms with van der Waals surface area (Å²) in [6.45, 7) is 2.34. The van der Waals surface area contributed by atoms with Gasteiger partial charge in [-0.3, -0.25) is 0 Å². The highest BCUT2D eigenvalue weighted by molar-refractivity contribution is 7.89. The van der Waals surface area contributed by atoms with Gasteiger partial charge in [-0.1, -0.05) is 6.92 Å². The zero-order valence-corrected chi connectivity index (χ0v) is 10.5. The van der Waals surface area contributed by atoms with Crippen molar-refractivity contribution in [3.05, 3.63) is 24.3 Å². The van der Waals surface area contributed by atoms with Crippen LogP contribution in [0.2, 0.25) is 0 Å². The summed E-state index contributed by atoms with van der Waals surface area (Å²) in [5, 5.41) is 17.8. The number of rotatable bonds is 6. The fourth-order valence-corrected chi connectivity index (χ4v) is 2.95. The third-order valence-corrected chi connectivity index (χ3v) is 4.38. The molecule has 6 heteroatoms. The van der Waals surface area contributed by atoms with Crippen molar-refractivity contribution in [1.29, 1.82) is 0 Å². The SMILES string of the molecule is CCN(CCCO)S(=O)(=O)c1ccc(O)cc1. The van der Waals surface area contributed by atoms with Gasteiger partial charge in [-0.15, -0.1) is 0 Å². The normalized spacial score (nSPS) is 11.9. The molecule has 0 aromatic heterocycles. The third kappa shape index (κ3) is 3.42. The molecule has 0 saturated carbocycles. The molecule has 1 aromatic carbocycles. The first-order valence-corrected chi connectivity index (χ1v) is 6.86. The molecule has 0 radical (unpaired) electrons. The zero-order chi connectivity index (χ0) is 12.9. The Labute approximate surface area is 101 Å². The molecular weight excluding hydrogens is 242 g/mol. The lowest BCUT2D eigenvalue weighted by Crippen LogP contribution is -2.32. The average Bonchev–Trinajstić information content (AvgIpc) is 2.30. The second-order valence-electron chi connectivity index (χ2n) is 3.57. The van der Waals surface area contributed by atoms with E-state index in [-0.39, 0.29) is 23.8 Å². The molecule has 0 atom stereocenters. The molecule has 0 bridgehead atoms. The highest BCUT2D eigenvalue weighted by atomic mass is 32.2. The molecular formula is C11H17NO4S. The number of aliphatic hydroxyl groups excluding tert-OH is 1. The number of hydrogen-bond donors (Lipinski definition) is 2. The first kappa shape index (κ1) is 14.0. The molecule has 96 valence electrons. The third-order valence-electron chi connectivity index (χ3n) is 2.39. The summed E-state index contributed by atoms with van der Waals surface area (Å²) in [5.41, 5.74) is 0. The van der Waals surface area contributed by atoms with Gasteiger partial charge in [-0.25, -0.2) is 8.42 Å². The second kappa shape index (κ2) is 6.00. The Hall–Kier alpha value is -1.11. The minimum absolute atomic E-state index is 0.0300. The van der Waals surface area contributed by atoms with Crippen LogP contribution >= 0.6 is 0 Å². The molecule has 0 aliphatic rings. The molecule has 0 aliphatic carbocycles. The largest absolute Gasteiger partial charge is 0.508 e. The Morgan fingerprint density at radius 3 is 2.29 bits per heavy atom. The monoisotopic (exact) mass is 259 g/mol. The van der Waals surface area contributed by atoms with Crippen molar-refractivity contribution in [1.82, 2.24) is 4.31 Å². The van der Waals surface area contributed by atoms with Crippen LogP contribution in [0.3, 0.4) is 0 Å². The molecule has 1 aromatic rings. The quantitative estimate of drug-likeness (QED) is 0.791. The summed E-state index contributed by atoms with van der Waals surface area (Å²) in [6.07, 6.45) is 0.408. The van der Waals surface area contributed by atoms with Crippen molar-refractivity contribution in [3.8, 4) is 5.75 Å². The van der Waals surface area contributed by atoms with E-state index in [1.165, 1.54) is 28.6 Å². The van der Waals surface area contributed by atoms with Gasteiger partial charge in [0.25, 0.3) is 0 Å². The molecule has 0 fully saturated rings. The van der Waals surface area contributed by atoms with Crippen LogP contribution in [0.4, 0.5) is 0 Å². The van der Waals surface area contributed by atoms with Crippen LogP contribution in [0.15, 0.2) is 29.2 Å². The van der Waals surface area contributed by atoms with Crippen molar-refractivity contribution in [2.24, 2.45) is 0 Å². The van der Waals surface area contributed by atoms with Crippen LogP contribution < -0.4 is 0 Å². The topological polar surface area (TPSA) is 77.8 Å². The molecule has 1 rings (SSSR count). The van der Waals surface area contributed by atoms with E-state index in [9.17, 15) is 8.42 Å². The van der Waals surface area contributed by atoms with E-state index in [1.54, 1.807) is 6.92 Å². The highest BCUT2D eigenvalue weighted by Gasteiger charge is 2.22. The van der Waals surface area contributed by atoms with Crippen molar-refractivity contribution in [3.63, 3.8) is 0 Å². The van der Waals surface area contributed by atoms with E-state index in [1.807, 2.05) is 0 Å². The number of aliphatic hydroxyl groups is 1. The van der Waals surface area contributed by atoms with E-state index in [4.69, 9.17) is 10.2 Å². The van der Waals surface area contributed by atoms with Gasteiger partial charge in [0.1, 0.15) is 5.75 Å². The summed E-state index contributed by atoms with van der Waals surface area (Å²) < 4.78 is 25.6. The Morgan fingerprint density at radius 2 is 1.82 bits per heavy atom. The average molecular weight is 259 g/mol. The molecule has 0 spiro atoms. The van der Waals surface area contributed by atoms with Gasteiger partial charge >= 0.3 is 0 Å². The minimum Gasteiger partial charge on any atom is -0.508 e. The predicted octanol–water partition coefficient (Wildman–Crippen LogP) is 0.785. The molecule has 0 aliphatic heterocycles. The van der Waals surface area contributed by atoms with Crippen LogP contribution in [-0.4, -0.2) is 42.6 Å². The lowest BCUT2D eigenvalue weighted by atomic mass is 10.3. The number of phenolic OH excluding ortho intramolecular Hbond substituents is 1. The molecule has 17 heavy (non-hydrogen) atoms. The number of sulfonamides is 1.